The lowest BCUT2D eigenvalue weighted by atomic mass is 9.83. The molecule has 0 bridgehead atoms. The van der Waals surface area contributed by atoms with Gasteiger partial charge in [-0.05, 0) is 25.0 Å². The third-order valence-electron chi connectivity index (χ3n) is 5.65. The highest BCUT2D eigenvalue weighted by Gasteiger charge is 2.30. The molecule has 1 N–H and O–H groups in total. The Morgan fingerprint density at radius 1 is 1.09 bits per heavy atom. The molecular formula is C22H28N2O8S. The van der Waals surface area contributed by atoms with E-state index in [1.807, 2.05) is 6.92 Å². The average molecular weight is 481 g/mol. The van der Waals surface area contributed by atoms with Crippen LogP contribution < -0.4 is 18.9 Å². The van der Waals surface area contributed by atoms with E-state index in [4.69, 9.17) is 18.9 Å². The highest BCUT2D eigenvalue weighted by molar-refractivity contribution is 7.89. The molecule has 180 valence electrons. The van der Waals surface area contributed by atoms with Crippen LogP contribution in [0.15, 0.2) is 41.3 Å². The molecule has 1 aliphatic rings. The molecule has 1 fully saturated rings. The monoisotopic (exact) mass is 480 g/mol. The summed E-state index contributed by atoms with van der Waals surface area (Å²) in [7, 11) is -1.17. The van der Waals surface area contributed by atoms with Gasteiger partial charge in [0, 0.05) is 48.9 Å². The van der Waals surface area contributed by atoms with Crippen molar-refractivity contribution in [3.63, 3.8) is 0 Å². The topological polar surface area (TPSA) is 126 Å². The fourth-order valence-corrected chi connectivity index (χ4v) is 4.62. The maximum absolute atomic E-state index is 13.2. The van der Waals surface area contributed by atoms with Crippen LogP contribution in [-0.4, -0.2) is 47.4 Å². The molecule has 0 aromatic heterocycles. The number of nitro benzene ring substituents is 1. The van der Waals surface area contributed by atoms with Gasteiger partial charge in [0.15, 0.2) is 0 Å². The number of ether oxygens (including phenoxy) is 4. The van der Waals surface area contributed by atoms with Gasteiger partial charge in [0.2, 0.25) is 10.0 Å². The maximum Gasteiger partial charge on any atom is 0.271 e. The van der Waals surface area contributed by atoms with Crippen LogP contribution in [0.2, 0.25) is 0 Å². The van der Waals surface area contributed by atoms with Gasteiger partial charge in [-0.25, -0.2) is 13.1 Å². The number of nitrogens with one attached hydrogen (secondary N) is 1. The van der Waals surface area contributed by atoms with Crippen molar-refractivity contribution in [2.24, 2.45) is 5.41 Å². The Bertz CT molecular complexity index is 1100. The van der Waals surface area contributed by atoms with Gasteiger partial charge >= 0.3 is 0 Å². The fourth-order valence-electron chi connectivity index (χ4n) is 3.45. The van der Waals surface area contributed by atoms with E-state index in [1.165, 1.54) is 26.4 Å². The minimum atomic E-state index is -4.15. The molecule has 0 unspecified atom stereocenters. The predicted molar refractivity (Wildman–Crippen MR) is 120 cm³/mol. The first-order valence-electron chi connectivity index (χ1n) is 10.4. The Labute approximate surface area is 193 Å². The van der Waals surface area contributed by atoms with Crippen molar-refractivity contribution >= 4 is 15.7 Å². The zero-order chi connectivity index (χ0) is 24.1. The second kappa shape index (κ2) is 10.4. The number of nitrogens with zero attached hydrogens (tertiary/aromatic N) is 1. The van der Waals surface area contributed by atoms with Crippen molar-refractivity contribution < 1.29 is 32.3 Å². The number of sulfonamides is 1. The smallest absolute Gasteiger partial charge is 0.271 e. The lowest BCUT2D eigenvalue weighted by molar-refractivity contribution is -0.385. The van der Waals surface area contributed by atoms with E-state index < -0.39 is 14.9 Å². The molecule has 2 aromatic carbocycles. The number of rotatable bonds is 10. The van der Waals surface area contributed by atoms with E-state index in [-0.39, 0.29) is 34.9 Å². The Morgan fingerprint density at radius 2 is 1.82 bits per heavy atom. The van der Waals surface area contributed by atoms with Gasteiger partial charge in [0.05, 0.1) is 25.7 Å². The summed E-state index contributed by atoms with van der Waals surface area (Å²) in [5.41, 5.74) is 0.0526. The number of non-ortho nitro benzene ring substituents is 1. The van der Waals surface area contributed by atoms with Crippen LogP contribution in [0.5, 0.6) is 17.2 Å². The molecule has 1 heterocycles. The molecule has 10 nitrogen and oxygen atoms in total. The summed E-state index contributed by atoms with van der Waals surface area (Å²) in [6, 6.07) is 8.56. The van der Waals surface area contributed by atoms with E-state index in [2.05, 4.69) is 4.72 Å². The van der Waals surface area contributed by atoms with Gasteiger partial charge in [-0.3, -0.25) is 10.1 Å². The SMILES string of the molecule is COc1ccc(CNS(=O)(=O)c2cc([N+](=O)[O-])ccc2OCC2(C)CCOCC2)c(OC)c1. The van der Waals surface area contributed by atoms with Crippen molar-refractivity contribution in [1.29, 1.82) is 0 Å². The molecule has 33 heavy (non-hydrogen) atoms. The second-order valence-corrected chi connectivity index (χ2v) is 9.84. The van der Waals surface area contributed by atoms with Gasteiger partial charge in [0.25, 0.3) is 5.69 Å². The summed E-state index contributed by atoms with van der Waals surface area (Å²) < 4.78 is 50.5. The van der Waals surface area contributed by atoms with Crippen LogP contribution in [0.3, 0.4) is 0 Å². The quantitative estimate of drug-likeness (QED) is 0.406. The number of benzene rings is 2. The van der Waals surface area contributed by atoms with Crippen molar-refractivity contribution in [3.05, 3.63) is 52.1 Å². The van der Waals surface area contributed by atoms with E-state index in [0.717, 1.165) is 18.9 Å². The van der Waals surface area contributed by atoms with Crippen molar-refractivity contribution in [2.75, 3.05) is 34.0 Å². The van der Waals surface area contributed by atoms with E-state index in [0.29, 0.717) is 30.3 Å². The van der Waals surface area contributed by atoms with E-state index in [9.17, 15) is 18.5 Å². The van der Waals surface area contributed by atoms with E-state index >= 15 is 0 Å². The minimum Gasteiger partial charge on any atom is -0.497 e. The first-order chi connectivity index (χ1) is 15.7. The number of methoxy groups -OCH3 is 2. The molecule has 1 aliphatic heterocycles. The lowest BCUT2D eigenvalue weighted by Gasteiger charge is -2.33. The zero-order valence-electron chi connectivity index (χ0n) is 18.8. The number of hydrogen-bond acceptors (Lipinski definition) is 8. The van der Waals surface area contributed by atoms with Crippen LogP contribution in [0, 0.1) is 15.5 Å². The Morgan fingerprint density at radius 3 is 2.45 bits per heavy atom. The molecule has 0 spiro atoms. The van der Waals surface area contributed by atoms with Crippen LogP contribution in [0.25, 0.3) is 0 Å². The number of nitro groups is 1. The first kappa shape index (κ1) is 24.7. The van der Waals surface area contributed by atoms with Crippen molar-refractivity contribution in [3.8, 4) is 17.2 Å². The summed E-state index contributed by atoms with van der Waals surface area (Å²) in [5, 5.41) is 11.3. The summed E-state index contributed by atoms with van der Waals surface area (Å²) >= 11 is 0. The van der Waals surface area contributed by atoms with Crippen LogP contribution >= 0.6 is 0 Å². The molecule has 2 aromatic rings. The van der Waals surface area contributed by atoms with Gasteiger partial charge < -0.3 is 18.9 Å². The summed E-state index contributed by atoms with van der Waals surface area (Å²) in [5.74, 6) is 1.07. The zero-order valence-corrected chi connectivity index (χ0v) is 19.6. The van der Waals surface area contributed by atoms with Crippen molar-refractivity contribution in [2.45, 2.75) is 31.2 Å². The molecule has 0 amide bonds. The molecule has 0 atom stereocenters. The molecular weight excluding hydrogens is 452 g/mol. The molecule has 0 aliphatic carbocycles. The number of hydrogen-bond donors (Lipinski definition) is 1. The normalized spacial score (nSPS) is 15.6. The maximum atomic E-state index is 13.2. The van der Waals surface area contributed by atoms with Crippen molar-refractivity contribution in [1.82, 2.24) is 4.72 Å². The van der Waals surface area contributed by atoms with Gasteiger partial charge in [-0.1, -0.05) is 13.0 Å². The van der Waals surface area contributed by atoms with Crippen LogP contribution in [-0.2, 0) is 21.3 Å². The molecule has 0 saturated carbocycles. The molecule has 3 rings (SSSR count). The summed E-state index contributed by atoms with van der Waals surface area (Å²) in [6.07, 6.45) is 1.55. The average Bonchev–Trinajstić information content (AvgIpc) is 2.81. The second-order valence-electron chi connectivity index (χ2n) is 8.10. The standard InChI is InChI=1S/C22H28N2O8S/c1-22(8-10-31-11-9-22)15-32-19-7-5-17(24(25)26)12-21(19)33(27,28)23-14-16-4-6-18(29-2)13-20(16)30-3/h4-7,12-13,23H,8-11,14-15H2,1-3H3. The molecule has 11 heteroatoms. The lowest BCUT2D eigenvalue weighted by Crippen LogP contribution is -2.32. The van der Waals surface area contributed by atoms with Crippen LogP contribution in [0.1, 0.15) is 25.3 Å². The minimum absolute atomic E-state index is 0.0579. The summed E-state index contributed by atoms with van der Waals surface area (Å²) in [6.45, 7) is 3.44. The highest BCUT2D eigenvalue weighted by Crippen LogP contribution is 2.34. The Kier molecular flexibility index (Phi) is 7.77. The first-order valence-corrected chi connectivity index (χ1v) is 11.9. The van der Waals surface area contributed by atoms with Gasteiger partial charge in [-0.2, -0.15) is 0 Å². The predicted octanol–water partition coefficient (Wildman–Crippen LogP) is 3.29. The Balaban J connectivity index is 1.85. The highest BCUT2D eigenvalue weighted by atomic mass is 32.2. The molecule has 1 saturated heterocycles. The largest absolute Gasteiger partial charge is 0.497 e. The third kappa shape index (κ3) is 6.12. The summed E-state index contributed by atoms with van der Waals surface area (Å²) in [4.78, 5) is 10.3. The Hall–Kier alpha value is -2.89. The van der Waals surface area contributed by atoms with Crippen LogP contribution in [0.4, 0.5) is 5.69 Å². The third-order valence-corrected chi connectivity index (χ3v) is 7.07. The molecule has 0 radical (unpaired) electrons. The van der Waals surface area contributed by atoms with Gasteiger partial charge in [0.1, 0.15) is 22.1 Å². The van der Waals surface area contributed by atoms with Gasteiger partial charge in [-0.15, -0.1) is 0 Å². The fraction of sp³-hybridized carbons (Fsp3) is 0.455. The van der Waals surface area contributed by atoms with E-state index in [1.54, 1.807) is 18.2 Å².